The van der Waals surface area contributed by atoms with Crippen LogP contribution < -0.4 is 4.90 Å². The lowest BCUT2D eigenvalue weighted by molar-refractivity contribution is -0.236. The first-order valence-electron chi connectivity index (χ1n) is 15.1. The van der Waals surface area contributed by atoms with Crippen LogP contribution in [0.2, 0.25) is 0 Å². The smallest absolute Gasteiger partial charge is 0.190 e. The van der Waals surface area contributed by atoms with Crippen LogP contribution in [0.25, 0.3) is 0 Å². The quantitative estimate of drug-likeness (QED) is 0.194. The van der Waals surface area contributed by atoms with Gasteiger partial charge in [-0.05, 0) is 83.9 Å². The maximum atomic E-state index is 6.33. The molecule has 2 aromatic carbocycles. The minimum atomic E-state index is -0.704. The maximum Gasteiger partial charge on any atom is 0.190 e. The summed E-state index contributed by atoms with van der Waals surface area (Å²) >= 11 is 0. The van der Waals surface area contributed by atoms with Gasteiger partial charge in [0, 0.05) is 32.0 Å². The summed E-state index contributed by atoms with van der Waals surface area (Å²) in [6, 6.07) is 17.9. The Balaban J connectivity index is 1.00. The summed E-state index contributed by atoms with van der Waals surface area (Å²) in [4.78, 5) is 2.29. The highest BCUT2D eigenvalue weighted by molar-refractivity contribution is 5.52. The summed E-state index contributed by atoms with van der Waals surface area (Å²) in [5.74, 6) is -1.34. The average molecular weight is 584 g/mol. The predicted octanol–water partition coefficient (Wildman–Crippen LogP) is 6.14. The molecule has 0 aromatic heterocycles. The van der Waals surface area contributed by atoms with Crippen molar-refractivity contribution >= 4 is 17.1 Å². The molecule has 0 saturated carbocycles. The Bertz CT molecular complexity index is 1140. The summed E-state index contributed by atoms with van der Waals surface area (Å²) in [5.41, 5.74) is 2.80. The second kappa shape index (κ2) is 13.9. The molecule has 0 aliphatic carbocycles. The van der Waals surface area contributed by atoms with E-state index >= 15 is 0 Å². The Kier molecular flexibility index (Phi) is 10.3. The first-order valence-corrected chi connectivity index (χ1v) is 15.1. The maximum absolute atomic E-state index is 6.33. The van der Waals surface area contributed by atoms with Gasteiger partial charge in [-0.1, -0.05) is 18.2 Å². The molecule has 42 heavy (non-hydrogen) atoms. The lowest BCUT2D eigenvalue weighted by Crippen LogP contribution is -2.44. The zero-order chi connectivity index (χ0) is 29.6. The molecule has 10 nitrogen and oxygen atoms in total. The van der Waals surface area contributed by atoms with Gasteiger partial charge in [-0.2, -0.15) is 10.2 Å². The van der Waals surface area contributed by atoms with Crippen molar-refractivity contribution < 1.29 is 33.2 Å². The fourth-order valence-electron chi connectivity index (χ4n) is 5.48. The van der Waals surface area contributed by atoms with Crippen molar-refractivity contribution in [3.63, 3.8) is 0 Å². The van der Waals surface area contributed by atoms with Gasteiger partial charge >= 0.3 is 0 Å². The number of anilines is 1. The minimum Gasteiger partial charge on any atom is -0.380 e. The molecule has 5 rings (SSSR count). The topological polar surface area (TPSA) is 92.6 Å². The summed E-state index contributed by atoms with van der Waals surface area (Å²) in [6.07, 6.45) is 0.176. The first-order chi connectivity index (χ1) is 20.2. The van der Waals surface area contributed by atoms with E-state index in [0.717, 1.165) is 43.0 Å². The molecule has 3 aliphatic rings. The van der Waals surface area contributed by atoms with Crippen LogP contribution in [0.3, 0.4) is 0 Å². The average Bonchev–Trinajstić information content (AvgIpc) is 3.60. The number of likely N-dealkylation sites (N-methyl/N-ethyl adjacent to an activating group) is 1. The molecule has 0 N–H and O–H groups in total. The van der Waals surface area contributed by atoms with Gasteiger partial charge in [0.25, 0.3) is 0 Å². The van der Waals surface area contributed by atoms with Gasteiger partial charge in [0.15, 0.2) is 17.9 Å². The fraction of sp³-hybridized carbons (Fsp3) is 0.625. The lowest BCUT2D eigenvalue weighted by Gasteiger charge is -2.29. The van der Waals surface area contributed by atoms with Crippen molar-refractivity contribution in [2.24, 2.45) is 10.2 Å². The van der Waals surface area contributed by atoms with Gasteiger partial charge in [0.2, 0.25) is 0 Å². The number of hydrogen-bond acceptors (Lipinski definition) is 10. The van der Waals surface area contributed by atoms with Gasteiger partial charge in [0.05, 0.1) is 24.6 Å². The van der Waals surface area contributed by atoms with E-state index in [-0.39, 0.29) is 24.4 Å². The van der Waals surface area contributed by atoms with Crippen molar-refractivity contribution in [2.45, 2.75) is 89.7 Å². The number of ether oxygens (including phenoxy) is 7. The second-order valence-corrected chi connectivity index (χ2v) is 11.7. The van der Waals surface area contributed by atoms with E-state index in [1.807, 2.05) is 70.2 Å². The zero-order valence-corrected chi connectivity index (χ0v) is 25.4. The number of hydrogen-bond donors (Lipinski definition) is 0. The van der Waals surface area contributed by atoms with Crippen LogP contribution in [0.4, 0.5) is 17.1 Å². The number of fused-ring (bicyclic) bond motifs is 1. The van der Waals surface area contributed by atoms with Gasteiger partial charge in [-0.3, -0.25) is 0 Å². The number of benzene rings is 2. The van der Waals surface area contributed by atoms with Crippen LogP contribution in [0.5, 0.6) is 0 Å². The molecule has 3 fully saturated rings. The van der Waals surface area contributed by atoms with Crippen LogP contribution >= 0.6 is 0 Å². The van der Waals surface area contributed by atoms with Crippen LogP contribution in [-0.4, -0.2) is 81.8 Å². The Labute approximate surface area is 249 Å². The molecule has 10 heteroatoms. The molecule has 0 amide bonds. The van der Waals surface area contributed by atoms with E-state index in [1.54, 1.807) is 0 Å². The van der Waals surface area contributed by atoms with Crippen LogP contribution in [-0.2, 0) is 33.2 Å². The summed E-state index contributed by atoms with van der Waals surface area (Å²) in [5, 5.41) is 8.62. The summed E-state index contributed by atoms with van der Waals surface area (Å²) in [7, 11) is 0. The number of nitrogens with zero attached hydrogens (tertiary/aromatic N) is 3. The molecule has 0 unspecified atom stereocenters. The van der Waals surface area contributed by atoms with E-state index in [4.69, 9.17) is 33.2 Å². The Morgan fingerprint density at radius 3 is 2.21 bits per heavy atom. The third-order valence-corrected chi connectivity index (χ3v) is 7.56. The SMILES string of the molecule is CCN(CCOCCCCO[C@@H]1[C@H]2OC(C)(C)O[C@H]2O[C@@H]1[C@H]1COC(C)(C)O1)c1ccc(N=Nc2ccccc2)cc1. The van der Waals surface area contributed by atoms with Crippen LogP contribution in [0, 0.1) is 0 Å². The summed E-state index contributed by atoms with van der Waals surface area (Å²) < 4.78 is 42.4. The molecule has 230 valence electrons. The highest BCUT2D eigenvalue weighted by atomic mass is 16.8. The Hall–Kier alpha value is -2.44. The van der Waals surface area contributed by atoms with Crippen molar-refractivity contribution in [1.82, 2.24) is 0 Å². The number of rotatable bonds is 14. The largest absolute Gasteiger partial charge is 0.380 e. The van der Waals surface area contributed by atoms with Gasteiger partial charge < -0.3 is 38.1 Å². The van der Waals surface area contributed by atoms with Crippen molar-refractivity contribution in [3.05, 3.63) is 54.6 Å². The molecule has 0 spiro atoms. The van der Waals surface area contributed by atoms with Crippen molar-refractivity contribution in [2.75, 3.05) is 44.4 Å². The normalized spacial score (nSPS) is 28.0. The van der Waals surface area contributed by atoms with Crippen LogP contribution in [0.1, 0.15) is 47.5 Å². The Morgan fingerprint density at radius 1 is 0.810 bits per heavy atom. The third kappa shape index (κ3) is 8.13. The van der Waals surface area contributed by atoms with E-state index in [2.05, 4.69) is 34.2 Å². The third-order valence-electron chi connectivity index (χ3n) is 7.56. The molecule has 3 aliphatic heterocycles. The first kappa shape index (κ1) is 31.0. The lowest BCUT2D eigenvalue weighted by atomic mass is 10.1. The molecule has 0 radical (unpaired) electrons. The Morgan fingerprint density at radius 2 is 1.52 bits per heavy atom. The van der Waals surface area contributed by atoms with E-state index in [0.29, 0.717) is 26.4 Å². The molecule has 2 aromatic rings. The monoisotopic (exact) mass is 583 g/mol. The highest BCUT2D eigenvalue weighted by Crippen LogP contribution is 2.42. The molecule has 0 bridgehead atoms. The van der Waals surface area contributed by atoms with E-state index in [1.165, 1.54) is 0 Å². The fourth-order valence-corrected chi connectivity index (χ4v) is 5.48. The molecular weight excluding hydrogens is 538 g/mol. The molecule has 5 atom stereocenters. The highest BCUT2D eigenvalue weighted by Gasteiger charge is 2.58. The number of azo groups is 1. The van der Waals surface area contributed by atoms with Gasteiger partial charge in [-0.25, -0.2) is 0 Å². The van der Waals surface area contributed by atoms with Crippen LogP contribution in [0.15, 0.2) is 64.8 Å². The second-order valence-electron chi connectivity index (χ2n) is 11.7. The molecular formula is C32H45N3O7. The van der Waals surface area contributed by atoms with E-state index < -0.39 is 17.9 Å². The van der Waals surface area contributed by atoms with E-state index in [9.17, 15) is 0 Å². The standard InChI is InChI=1S/C32H45N3O7/c1-6-35(25-16-14-24(15-17-25)34-33-23-12-8-7-9-13-23)18-21-36-19-10-11-20-37-28-27(26-22-38-31(2,3)40-26)39-30-29(28)41-32(4,5)42-30/h7-9,12-17,26-30H,6,10-11,18-22H2,1-5H3/t26-,27-,28+,29-,30-/m1/s1. The molecule has 3 saturated heterocycles. The predicted molar refractivity (Wildman–Crippen MR) is 158 cm³/mol. The zero-order valence-electron chi connectivity index (χ0n) is 25.4. The van der Waals surface area contributed by atoms with Crippen molar-refractivity contribution in [1.29, 1.82) is 0 Å². The molecule has 3 heterocycles. The number of unbranched alkanes of at least 4 members (excludes halogenated alkanes) is 1. The van der Waals surface area contributed by atoms with Gasteiger partial charge in [-0.15, -0.1) is 0 Å². The van der Waals surface area contributed by atoms with Crippen molar-refractivity contribution in [3.8, 4) is 0 Å². The minimum absolute atomic E-state index is 0.231. The summed E-state index contributed by atoms with van der Waals surface area (Å²) in [6.45, 7) is 13.8. The van der Waals surface area contributed by atoms with Gasteiger partial charge in [0.1, 0.15) is 24.4 Å².